The van der Waals surface area contributed by atoms with Crippen LogP contribution in [0.1, 0.15) is 6.42 Å². The summed E-state index contributed by atoms with van der Waals surface area (Å²) in [5.74, 6) is 1.88. The van der Waals surface area contributed by atoms with Crippen molar-refractivity contribution in [3.63, 3.8) is 0 Å². The molecule has 1 aliphatic heterocycles. The third-order valence-electron chi connectivity index (χ3n) is 2.71. The fourth-order valence-electron chi connectivity index (χ4n) is 1.75. The molecule has 1 saturated heterocycles. The first-order valence-corrected chi connectivity index (χ1v) is 9.31. The Morgan fingerprint density at radius 3 is 2.78 bits per heavy atom. The molecule has 0 aromatic heterocycles. The summed E-state index contributed by atoms with van der Waals surface area (Å²) in [6, 6.07) is 4.72. The predicted molar refractivity (Wildman–Crippen MR) is 79.9 cm³/mol. The first kappa shape index (κ1) is 14.7. The third-order valence-corrected chi connectivity index (χ3v) is 6.87. The molecule has 7 heteroatoms. The van der Waals surface area contributed by atoms with Crippen LogP contribution in [0.2, 0.25) is 5.02 Å². The van der Waals surface area contributed by atoms with Crippen LogP contribution in [0.15, 0.2) is 27.6 Å². The molecule has 100 valence electrons. The van der Waals surface area contributed by atoms with Gasteiger partial charge < -0.3 is 0 Å². The summed E-state index contributed by atoms with van der Waals surface area (Å²) in [4.78, 5) is 0.297. The molecule has 0 atom stereocenters. The average molecular weight is 371 g/mol. The third kappa shape index (κ3) is 3.22. The lowest BCUT2D eigenvalue weighted by Gasteiger charge is -2.19. The molecule has 0 spiro atoms. The molecule has 0 amide bonds. The van der Waals surface area contributed by atoms with Gasteiger partial charge in [-0.1, -0.05) is 11.6 Å². The highest BCUT2D eigenvalue weighted by Gasteiger charge is 2.25. The van der Waals surface area contributed by atoms with Crippen molar-refractivity contribution in [2.45, 2.75) is 11.3 Å². The lowest BCUT2D eigenvalue weighted by molar-refractivity contribution is 0.435. The summed E-state index contributed by atoms with van der Waals surface area (Å²) in [6.45, 7) is 1.17. The van der Waals surface area contributed by atoms with E-state index in [0.29, 0.717) is 27.5 Å². The Morgan fingerprint density at radius 2 is 2.06 bits per heavy atom. The highest BCUT2D eigenvalue weighted by atomic mass is 79.9. The van der Waals surface area contributed by atoms with Gasteiger partial charge in [-0.15, -0.1) is 0 Å². The van der Waals surface area contributed by atoms with Gasteiger partial charge in [0.1, 0.15) is 0 Å². The second-order valence-corrected chi connectivity index (χ2v) is 8.37. The number of sulfonamides is 1. The molecular weight excluding hydrogens is 358 g/mol. The molecule has 3 nitrogen and oxygen atoms in total. The molecule has 0 saturated carbocycles. The van der Waals surface area contributed by atoms with Gasteiger partial charge in [-0.3, -0.25) is 0 Å². The van der Waals surface area contributed by atoms with Gasteiger partial charge in [-0.25, -0.2) is 8.42 Å². The maximum Gasteiger partial charge on any atom is 0.243 e. The minimum Gasteiger partial charge on any atom is -0.207 e. The van der Waals surface area contributed by atoms with Crippen LogP contribution in [0.3, 0.4) is 0 Å². The van der Waals surface area contributed by atoms with Crippen LogP contribution in [0.4, 0.5) is 0 Å². The zero-order valence-corrected chi connectivity index (χ0v) is 13.6. The summed E-state index contributed by atoms with van der Waals surface area (Å²) in [5.41, 5.74) is 0. The molecule has 1 fully saturated rings. The maximum absolute atomic E-state index is 12.5. The number of thioether (sulfide) groups is 1. The van der Waals surface area contributed by atoms with Gasteiger partial charge in [0.15, 0.2) is 0 Å². The van der Waals surface area contributed by atoms with Crippen LogP contribution in [0.25, 0.3) is 0 Å². The van der Waals surface area contributed by atoms with Crippen LogP contribution in [0, 0.1) is 0 Å². The summed E-state index contributed by atoms with van der Waals surface area (Å²) < 4.78 is 27.1. The first-order valence-electron chi connectivity index (χ1n) is 5.55. The fourth-order valence-corrected chi connectivity index (χ4v) is 4.91. The van der Waals surface area contributed by atoms with Crippen molar-refractivity contribution < 1.29 is 8.42 Å². The SMILES string of the molecule is O=S(=O)(c1ccc(Cl)c(Br)c1)N1CCCSCC1. The van der Waals surface area contributed by atoms with Crippen molar-refractivity contribution in [2.75, 3.05) is 24.6 Å². The zero-order chi connectivity index (χ0) is 13.2. The summed E-state index contributed by atoms with van der Waals surface area (Å²) in [6.07, 6.45) is 0.901. The largest absolute Gasteiger partial charge is 0.243 e. The molecule has 0 bridgehead atoms. The van der Waals surface area contributed by atoms with Gasteiger partial charge in [-0.05, 0) is 46.3 Å². The van der Waals surface area contributed by atoms with Crippen molar-refractivity contribution in [3.8, 4) is 0 Å². The zero-order valence-electron chi connectivity index (χ0n) is 9.60. The Morgan fingerprint density at radius 1 is 1.28 bits per heavy atom. The van der Waals surface area contributed by atoms with Crippen LogP contribution >= 0.6 is 39.3 Å². The summed E-state index contributed by atoms with van der Waals surface area (Å²) in [7, 11) is -3.39. The quantitative estimate of drug-likeness (QED) is 0.802. The van der Waals surface area contributed by atoms with Crippen molar-refractivity contribution in [1.29, 1.82) is 0 Å². The van der Waals surface area contributed by atoms with Crippen LogP contribution in [0.5, 0.6) is 0 Å². The fraction of sp³-hybridized carbons (Fsp3) is 0.455. The number of nitrogens with zero attached hydrogens (tertiary/aromatic N) is 1. The maximum atomic E-state index is 12.5. The van der Waals surface area contributed by atoms with E-state index in [-0.39, 0.29) is 0 Å². The Bertz CT molecular complexity index is 528. The van der Waals surface area contributed by atoms with Crippen molar-refractivity contribution >= 4 is 49.3 Å². The number of rotatable bonds is 2. The molecule has 18 heavy (non-hydrogen) atoms. The van der Waals surface area contributed by atoms with Gasteiger partial charge >= 0.3 is 0 Å². The van der Waals surface area contributed by atoms with Crippen LogP contribution in [-0.2, 0) is 10.0 Å². The predicted octanol–water partition coefficient (Wildman–Crippen LogP) is 3.23. The molecule has 0 radical (unpaired) electrons. The minimum absolute atomic E-state index is 0.297. The van der Waals surface area contributed by atoms with Gasteiger partial charge in [-0.2, -0.15) is 16.1 Å². The van der Waals surface area contributed by atoms with Crippen molar-refractivity contribution in [3.05, 3.63) is 27.7 Å². The topological polar surface area (TPSA) is 37.4 Å². The Labute approximate surface area is 125 Å². The van der Waals surface area contributed by atoms with E-state index in [1.165, 1.54) is 0 Å². The van der Waals surface area contributed by atoms with Crippen LogP contribution in [-0.4, -0.2) is 37.3 Å². The monoisotopic (exact) mass is 369 g/mol. The van der Waals surface area contributed by atoms with Gasteiger partial charge in [0.25, 0.3) is 0 Å². The standard InChI is InChI=1S/C11H13BrClNO2S2/c12-10-8-9(2-3-11(10)13)18(15,16)14-4-1-6-17-7-5-14/h2-3,8H,1,4-7H2. The Hall–Kier alpha value is 0.250. The second-order valence-electron chi connectivity index (χ2n) is 3.95. The van der Waals surface area contributed by atoms with Gasteiger partial charge in [0.2, 0.25) is 10.0 Å². The van der Waals surface area contributed by atoms with Crippen LogP contribution < -0.4 is 0 Å². The molecular formula is C11H13BrClNO2S2. The number of hydrogen-bond donors (Lipinski definition) is 0. The van der Waals surface area contributed by atoms with Gasteiger partial charge in [0.05, 0.1) is 9.92 Å². The number of hydrogen-bond acceptors (Lipinski definition) is 3. The van der Waals surface area contributed by atoms with E-state index in [4.69, 9.17) is 11.6 Å². The summed E-state index contributed by atoms with van der Waals surface area (Å²) in [5, 5.41) is 0.514. The molecule has 0 aliphatic carbocycles. The molecule has 1 aromatic carbocycles. The van der Waals surface area contributed by atoms with E-state index in [9.17, 15) is 8.42 Å². The molecule has 0 N–H and O–H groups in total. The lowest BCUT2D eigenvalue weighted by Crippen LogP contribution is -2.33. The second kappa shape index (κ2) is 6.13. The minimum atomic E-state index is -3.39. The van der Waals surface area contributed by atoms with Crippen molar-refractivity contribution in [1.82, 2.24) is 4.31 Å². The van der Waals surface area contributed by atoms with E-state index < -0.39 is 10.0 Å². The molecule has 1 aliphatic rings. The molecule has 2 rings (SSSR count). The molecule has 0 unspecified atom stereocenters. The van der Waals surface area contributed by atoms with E-state index in [1.807, 2.05) is 0 Å². The highest BCUT2D eigenvalue weighted by Crippen LogP contribution is 2.27. The average Bonchev–Trinajstić information content (AvgIpc) is 2.61. The normalized spacial score (nSPS) is 18.6. The molecule has 1 aromatic rings. The number of benzene rings is 1. The smallest absolute Gasteiger partial charge is 0.207 e. The van der Waals surface area contributed by atoms with Crippen molar-refractivity contribution in [2.24, 2.45) is 0 Å². The number of halogens is 2. The highest BCUT2D eigenvalue weighted by molar-refractivity contribution is 9.10. The van der Waals surface area contributed by atoms with E-state index >= 15 is 0 Å². The molecule has 1 heterocycles. The summed E-state index contributed by atoms with van der Waals surface area (Å²) >= 11 is 10.9. The Kier molecular flexibility index (Phi) is 4.99. The van der Waals surface area contributed by atoms with E-state index in [0.717, 1.165) is 17.9 Å². The lowest BCUT2D eigenvalue weighted by atomic mass is 10.4. The van der Waals surface area contributed by atoms with E-state index in [1.54, 1.807) is 34.3 Å². The van der Waals surface area contributed by atoms with E-state index in [2.05, 4.69) is 15.9 Å². The first-order chi connectivity index (χ1) is 8.51. The Balaban J connectivity index is 2.31. The van der Waals surface area contributed by atoms with Gasteiger partial charge in [0, 0.05) is 23.3 Å².